The molecule has 1 saturated carbocycles. The minimum Gasteiger partial charge on any atom is -0.299 e. The van der Waals surface area contributed by atoms with Crippen LogP contribution in [0.15, 0.2) is 24.3 Å². The molecule has 0 unspecified atom stereocenters. The number of hydrogen-bond acceptors (Lipinski definition) is 1. The van der Waals surface area contributed by atoms with E-state index in [2.05, 4.69) is 38.1 Å². The van der Waals surface area contributed by atoms with Crippen LogP contribution >= 0.6 is 0 Å². The van der Waals surface area contributed by atoms with Crippen molar-refractivity contribution in [2.24, 2.45) is 11.8 Å². The molecule has 0 aliphatic heterocycles. The molecule has 1 aromatic carbocycles. The number of Topliss-reactive ketones (excluding diaryl/α,β-unsaturated/α-hetero) is 1. The zero-order chi connectivity index (χ0) is 12.3. The van der Waals surface area contributed by atoms with Crippen LogP contribution in [0.2, 0.25) is 0 Å². The predicted octanol–water partition coefficient (Wildman–Crippen LogP) is 3.80. The summed E-state index contributed by atoms with van der Waals surface area (Å²) in [5.41, 5.74) is 2.72. The van der Waals surface area contributed by atoms with E-state index in [1.165, 1.54) is 11.1 Å². The Hall–Kier alpha value is -1.11. The average Bonchev–Trinajstić information content (AvgIpc) is 3.09. The second-order valence-corrected chi connectivity index (χ2v) is 5.66. The first-order chi connectivity index (χ1) is 8.15. The summed E-state index contributed by atoms with van der Waals surface area (Å²) in [5.74, 6) is 1.58. The molecule has 1 aliphatic carbocycles. The summed E-state index contributed by atoms with van der Waals surface area (Å²) >= 11 is 0. The Morgan fingerprint density at radius 3 is 2.65 bits per heavy atom. The topological polar surface area (TPSA) is 17.1 Å². The van der Waals surface area contributed by atoms with Crippen molar-refractivity contribution in [3.05, 3.63) is 35.4 Å². The van der Waals surface area contributed by atoms with Gasteiger partial charge in [0.1, 0.15) is 5.78 Å². The number of carbonyl (C=O) groups excluding carboxylic acids is 1. The van der Waals surface area contributed by atoms with Gasteiger partial charge in [0.05, 0.1) is 0 Å². The van der Waals surface area contributed by atoms with Gasteiger partial charge in [0.15, 0.2) is 0 Å². The molecule has 1 heteroatoms. The molecule has 0 heterocycles. The van der Waals surface area contributed by atoms with Crippen molar-refractivity contribution in [1.29, 1.82) is 0 Å². The molecule has 0 atom stereocenters. The van der Waals surface area contributed by atoms with Crippen LogP contribution < -0.4 is 0 Å². The summed E-state index contributed by atoms with van der Waals surface area (Å²) in [5, 5.41) is 0. The molecule has 0 N–H and O–H groups in total. The van der Waals surface area contributed by atoms with Crippen LogP contribution in [-0.2, 0) is 17.6 Å². The van der Waals surface area contributed by atoms with Crippen LogP contribution in [-0.4, -0.2) is 5.78 Å². The van der Waals surface area contributed by atoms with E-state index >= 15 is 0 Å². The third-order valence-corrected chi connectivity index (χ3v) is 3.33. The first-order valence-electron chi connectivity index (χ1n) is 6.75. The van der Waals surface area contributed by atoms with Crippen molar-refractivity contribution >= 4 is 5.78 Å². The molecule has 17 heavy (non-hydrogen) atoms. The maximum Gasteiger partial charge on any atom is 0.136 e. The van der Waals surface area contributed by atoms with E-state index in [0.29, 0.717) is 17.6 Å². The van der Waals surface area contributed by atoms with Gasteiger partial charge in [-0.15, -0.1) is 0 Å². The molecule has 0 saturated heterocycles. The molecule has 1 aliphatic rings. The predicted molar refractivity (Wildman–Crippen MR) is 71.0 cm³/mol. The Morgan fingerprint density at radius 1 is 1.29 bits per heavy atom. The molecule has 0 amide bonds. The summed E-state index contributed by atoms with van der Waals surface area (Å²) < 4.78 is 0. The number of carbonyl (C=O) groups is 1. The van der Waals surface area contributed by atoms with E-state index in [0.717, 1.165) is 32.1 Å². The van der Waals surface area contributed by atoms with Crippen LogP contribution in [0.1, 0.15) is 44.2 Å². The van der Waals surface area contributed by atoms with Crippen molar-refractivity contribution in [2.45, 2.75) is 46.0 Å². The maximum absolute atomic E-state index is 11.6. The Morgan fingerprint density at radius 2 is 2.00 bits per heavy atom. The molecule has 0 spiro atoms. The molecule has 92 valence electrons. The molecule has 0 bridgehead atoms. The smallest absolute Gasteiger partial charge is 0.136 e. The van der Waals surface area contributed by atoms with Crippen molar-refractivity contribution in [1.82, 2.24) is 0 Å². The zero-order valence-corrected chi connectivity index (χ0v) is 10.9. The van der Waals surface area contributed by atoms with Crippen LogP contribution in [0.25, 0.3) is 0 Å². The highest BCUT2D eigenvalue weighted by molar-refractivity contribution is 5.83. The largest absolute Gasteiger partial charge is 0.299 e. The van der Waals surface area contributed by atoms with Crippen molar-refractivity contribution in [2.75, 3.05) is 0 Å². The number of hydrogen-bond donors (Lipinski definition) is 0. The number of aryl methyl sites for hydroxylation is 1. The third-order valence-electron chi connectivity index (χ3n) is 3.33. The Balaban J connectivity index is 1.88. The minimum absolute atomic E-state index is 0.411. The van der Waals surface area contributed by atoms with E-state index in [9.17, 15) is 4.79 Å². The second-order valence-electron chi connectivity index (χ2n) is 5.66. The van der Waals surface area contributed by atoms with Crippen LogP contribution in [0.4, 0.5) is 0 Å². The molecule has 0 aromatic heterocycles. The van der Waals surface area contributed by atoms with Crippen molar-refractivity contribution < 1.29 is 4.79 Å². The molecular formula is C16H22O. The molecule has 1 fully saturated rings. The van der Waals surface area contributed by atoms with Crippen molar-refractivity contribution in [3.8, 4) is 0 Å². The van der Waals surface area contributed by atoms with Crippen molar-refractivity contribution in [3.63, 3.8) is 0 Å². The van der Waals surface area contributed by atoms with Gasteiger partial charge in [-0.25, -0.2) is 0 Å². The fourth-order valence-corrected chi connectivity index (χ4v) is 2.26. The van der Waals surface area contributed by atoms with Gasteiger partial charge in [0, 0.05) is 12.3 Å². The highest BCUT2D eigenvalue weighted by atomic mass is 16.1. The van der Waals surface area contributed by atoms with Gasteiger partial charge in [0.25, 0.3) is 0 Å². The van der Waals surface area contributed by atoms with Gasteiger partial charge in [-0.2, -0.15) is 0 Å². The van der Waals surface area contributed by atoms with E-state index < -0.39 is 0 Å². The number of ketones is 1. The minimum atomic E-state index is 0.411. The standard InChI is InChI=1S/C16H22O/c1-12(2)10-14-5-3-4-13(11-14)6-9-16(17)15-7-8-15/h3-5,11-12,15H,6-10H2,1-2H3. The van der Waals surface area contributed by atoms with Crippen LogP contribution in [0.5, 0.6) is 0 Å². The average molecular weight is 230 g/mol. The van der Waals surface area contributed by atoms with E-state index in [-0.39, 0.29) is 0 Å². The Labute approximate surface area is 104 Å². The van der Waals surface area contributed by atoms with Gasteiger partial charge in [-0.1, -0.05) is 38.1 Å². The lowest BCUT2D eigenvalue weighted by atomic mass is 9.98. The van der Waals surface area contributed by atoms with E-state index in [1.807, 2.05) is 0 Å². The molecule has 1 aromatic rings. The van der Waals surface area contributed by atoms with Gasteiger partial charge in [-0.05, 0) is 42.7 Å². The van der Waals surface area contributed by atoms with Gasteiger partial charge >= 0.3 is 0 Å². The van der Waals surface area contributed by atoms with Gasteiger partial charge in [-0.3, -0.25) is 4.79 Å². The Bertz CT molecular complexity index is 388. The lowest BCUT2D eigenvalue weighted by molar-refractivity contribution is -0.120. The summed E-state index contributed by atoms with van der Waals surface area (Å²) in [4.78, 5) is 11.6. The third kappa shape index (κ3) is 3.99. The maximum atomic E-state index is 11.6. The molecular weight excluding hydrogens is 208 g/mol. The van der Waals surface area contributed by atoms with Gasteiger partial charge in [0.2, 0.25) is 0 Å². The lowest BCUT2D eigenvalue weighted by Gasteiger charge is -2.07. The highest BCUT2D eigenvalue weighted by Crippen LogP contribution is 2.31. The first-order valence-corrected chi connectivity index (χ1v) is 6.75. The zero-order valence-electron chi connectivity index (χ0n) is 10.9. The summed E-state index contributed by atoms with van der Waals surface area (Å²) in [6.45, 7) is 4.48. The fraction of sp³-hybridized carbons (Fsp3) is 0.562. The SMILES string of the molecule is CC(C)Cc1cccc(CCC(=O)C2CC2)c1. The van der Waals surface area contributed by atoms with Gasteiger partial charge < -0.3 is 0 Å². The molecule has 1 nitrogen and oxygen atoms in total. The quantitative estimate of drug-likeness (QED) is 0.726. The number of rotatable bonds is 6. The molecule has 0 radical (unpaired) electrons. The Kier molecular flexibility index (Phi) is 3.98. The highest BCUT2D eigenvalue weighted by Gasteiger charge is 2.28. The second kappa shape index (κ2) is 5.48. The first kappa shape index (κ1) is 12.3. The van der Waals surface area contributed by atoms with Crippen LogP contribution in [0, 0.1) is 11.8 Å². The summed E-state index contributed by atoms with van der Waals surface area (Å²) in [6, 6.07) is 8.71. The normalized spacial score (nSPS) is 15.2. The number of benzene rings is 1. The fourth-order valence-electron chi connectivity index (χ4n) is 2.26. The van der Waals surface area contributed by atoms with E-state index in [4.69, 9.17) is 0 Å². The lowest BCUT2D eigenvalue weighted by Crippen LogP contribution is -2.02. The summed E-state index contributed by atoms with van der Waals surface area (Å²) in [7, 11) is 0. The van der Waals surface area contributed by atoms with Crippen LogP contribution in [0.3, 0.4) is 0 Å². The monoisotopic (exact) mass is 230 g/mol. The molecule has 2 rings (SSSR count). The summed E-state index contributed by atoms with van der Waals surface area (Å²) in [6.07, 6.45) is 5.04. The van der Waals surface area contributed by atoms with E-state index in [1.54, 1.807) is 0 Å².